The topological polar surface area (TPSA) is 35.2 Å². The third-order valence-electron chi connectivity index (χ3n) is 2.15. The van der Waals surface area contributed by atoms with Gasteiger partial charge in [-0.2, -0.15) is 0 Å². The van der Waals surface area contributed by atoms with Crippen LogP contribution < -0.4 is 5.73 Å². The van der Waals surface area contributed by atoms with E-state index in [4.69, 9.17) is 10.5 Å². The zero-order valence-electron chi connectivity index (χ0n) is 8.37. The standard InChI is InChI=1S/C11H16FNO/c1-2-14-9-11(12,8-13)10-6-4-3-5-7-10/h3-7H,2,8-9,13H2,1H3. The molecule has 0 saturated carbocycles. The Morgan fingerprint density at radius 3 is 2.50 bits per heavy atom. The van der Waals surface area contributed by atoms with E-state index in [1.54, 1.807) is 24.3 Å². The maximum Gasteiger partial charge on any atom is 0.171 e. The van der Waals surface area contributed by atoms with Crippen molar-refractivity contribution in [2.75, 3.05) is 19.8 Å². The molecule has 1 rings (SSSR count). The van der Waals surface area contributed by atoms with Gasteiger partial charge in [0.25, 0.3) is 0 Å². The number of ether oxygens (including phenoxy) is 1. The maximum absolute atomic E-state index is 14.2. The predicted octanol–water partition coefficient (Wildman–Crippen LogP) is 1.85. The number of hydrogen-bond acceptors (Lipinski definition) is 2. The zero-order chi connectivity index (χ0) is 10.4. The van der Waals surface area contributed by atoms with E-state index in [-0.39, 0.29) is 13.2 Å². The summed E-state index contributed by atoms with van der Waals surface area (Å²) >= 11 is 0. The molecule has 0 saturated heterocycles. The highest BCUT2D eigenvalue weighted by molar-refractivity contribution is 5.22. The minimum Gasteiger partial charge on any atom is -0.378 e. The maximum atomic E-state index is 14.2. The Balaban J connectivity index is 2.79. The SMILES string of the molecule is CCOCC(F)(CN)c1ccccc1. The summed E-state index contributed by atoms with van der Waals surface area (Å²) in [5, 5.41) is 0. The molecule has 1 aromatic rings. The highest BCUT2D eigenvalue weighted by Gasteiger charge is 2.30. The summed E-state index contributed by atoms with van der Waals surface area (Å²) in [4.78, 5) is 0. The van der Waals surface area contributed by atoms with Crippen LogP contribution in [0, 0.1) is 0 Å². The number of hydrogen-bond donors (Lipinski definition) is 1. The van der Waals surface area contributed by atoms with Crippen LogP contribution in [0.4, 0.5) is 4.39 Å². The third kappa shape index (κ3) is 2.53. The number of alkyl halides is 1. The molecule has 0 aliphatic rings. The van der Waals surface area contributed by atoms with E-state index < -0.39 is 5.67 Å². The van der Waals surface area contributed by atoms with Crippen molar-refractivity contribution in [2.45, 2.75) is 12.6 Å². The first kappa shape index (κ1) is 11.1. The molecule has 0 fully saturated rings. The van der Waals surface area contributed by atoms with Gasteiger partial charge in [0.1, 0.15) is 0 Å². The zero-order valence-corrected chi connectivity index (χ0v) is 8.37. The summed E-state index contributed by atoms with van der Waals surface area (Å²) in [6.45, 7) is 2.29. The molecular weight excluding hydrogens is 181 g/mol. The van der Waals surface area contributed by atoms with Gasteiger partial charge in [-0.3, -0.25) is 0 Å². The van der Waals surface area contributed by atoms with Crippen molar-refractivity contribution in [3.63, 3.8) is 0 Å². The summed E-state index contributed by atoms with van der Waals surface area (Å²) in [5.74, 6) is 0. The van der Waals surface area contributed by atoms with Gasteiger partial charge in [-0.15, -0.1) is 0 Å². The molecule has 3 heteroatoms. The first-order valence-corrected chi connectivity index (χ1v) is 4.75. The van der Waals surface area contributed by atoms with Gasteiger partial charge in [0.05, 0.1) is 6.61 Å². The second-order valence-corrected chi connectivity index (χ2v) is 3.17. The van der Waals surface area contributed by atoms with Crippen molar-refractivity contribution in [2.24, 2.45) is 5.73 Å². The summed E-state index contributed by atoms with van der Waals surface area (Å²) in [5.41, 5.74) is 4.45. The Kier molecular flexibility index (Phi) is 4.04. The molecular formula is C11H16FNO. The Labute approximate surface area is 83.9 Å². The van der Waals surface area contributed by atoms with Crippen molar-refractivity contribution in [1.29, 1.82) is 0 Å². The van der Waals surface area contributed by atoms with Gasteiger partial charge in [-0.25, -0.2) is 4.39 Å². The summed E-state index contributed by atoms with van der Waals surface area (Å²) < 4.78 is 19.3. The molecule has 1 atom stereocenters. The fraction of sp³-hybridized carbons (Fsp3) is 0.455. The van der Waals surface area contributed by atoms with Crippen LogP contribution in [0.5, 0.6) is 0 Å². The van der Waals surface area contributed by atoms with Crippen molar-refractivity contribution in [3.05, 3.63) is 35.9 Å². The van der Waals surface area contributed by atoms with Crippen LogP contribution in [0.25, 0.3) is 0 Å². The molecule has 0 radical (unpaired) electrons. The minimum absolute atomic E-state index is 0.0179. The molecule has 78 valence electrons. The van der Waals surface area contributed by atoms with E-state index in [0.717, 1.165) is 0 Å². The van der Waals surface area contributed by atoms with E-state index >= 15 is 0 Å². The monoisotopic (exact) mass is 197 g/mol. The molecule has 0 aromatic heterocycles. The molecule has 0 heterocycles. The highest BCUT2D eigenvalue weighted by Crippen LogP contribution is 2.24. The van der Waals surface area contributed by atoms with Crippen LogP contribution in [0.15, 0.2) is 30.3 Å². The molecule has 1 unspecified atom stereocenters. The number of rotatable bonds is 5. The van der Waals surface area contributed by atoms with Gasteiger partial charge < -0.3 is 10.5 Å². The van der Waals surface area contributed by atoms with Crippen LogP contribution in [0.2, 0.25) is 0 Å². The van der Waals surface area contributed by atoms with Crippen molar-refractivity contribution < 1.29 is 9.13 Å². The lowest BCUT2D eigenvalue weighted by Gasteiger charge is -2.23. The van der Waals surface area contributed by atoms with Crippen LogP contribution >= 0.6 is 0 Å². The van der Waals surface area contributed by atoms with Crippen molar-refractivity contribution in [1.82, 2.24) is 0 Å². The number of nitrogens with two attached hydrogens (primary N) is 1. The lowest BCUT2D eigenvalue weighted by atomic mass is 9.97. The third-order valence-corrected chi connectivity index (χ3v) is 2.15. The first-order chi connectivity index (χ1) is 6.73. The average molecular weight is 197 g/mol. The van der Waals surface area contributed by atoms with Crippen LogP contribution in [0.1, 0.15) is 12.5 Å². The van der Waals surface area contributed by atoms with E-state index in [0.29, 0.717) is 12.2 Å². The second-order valence-electron chi connectivity index (χ2n) is 3.17. The molecule has 0 bridgehead atoms. The van der Waals surface area contributed by atoms with Crippen molar-refractivity contribution >= 4 is 0 Å². The Morgan fingerprint density at radius 2 is 2.00 bits per heavy atom. The number of halogens is 1. The fourth-order valence-corrected chi connectivity index (χ4v) is 1.26. The van der Waals surface area contributed by atoms with E-state index in [2.05, 4.69) is 0 Å². The normalized spacial score (nSPS) is 15.1. The Bertz CT molecular complexity index is 265. The predicted molar refractivity (Wildman–Crippen MR) is 54.8 cm³/mol. The quantitative estimate of drug-likeness (QED) is 0.781. The largest absolute Gasteiger partial charge is 0.378 e. The molecule has 14 heavy (non-hydrogen) atoms. The van der Waals surface area contributed by atoms with E-state index in [1.165, 1.54) is 0 Å². The Hall–Kier alpha value is -0.930. The number of benzene rings is 1. The van der Waals surface area contributed by atoms with Gasteiger partial charge in [0.2, 0.25) is 0 Å². The molecule has 0 spiro atoms. The molecule has 0 aliphatic heterocycles. The van der Waals surface area contributed by atoms with Gasteiger partial charge >= 0.3 is 0 Å². The molecule has 0 amide bonds. The fourth-order valence-electron chi connectivity index (χ4n) is 1.26. The molecule has 0 aliphatic carbocycles. The molecule has 2 N–H and O–H groups in total. The lowest BCUT2D eigenvalue weighted by molar-refractivity contribution is 0.0230. The van der Waals surface area contributed by atoms with Crippen molar-refractivity contribution in [3.8, 4) is 0 Å². The van der Waals surface area contributed by atoms with E-state index in [9.17, 15) is 4.39 Å². The van der Waals surface area contributed by atoms with E-state index in [1.807, 2.05) is 13.0 Å². The summed E-state index contributed by atoms with van der Waals surface area (Å²) in [6.07, 6.45) is 0. The summed E-state index contributed by atoms with van der Waals surface area (Å²) in [7, 11) is 0. The molecule has 2 nitrogen and oxygen atoms in total. The minimum atomic E-state index is -1.56. The molecule has 1 aromatic carbocycles. The first-order valence-electron chi connectivity index (χ1n) is 4.75. The second kappa shape index (κ2) is 5.08. The lowest BCUT2D eigenvalue weighted by Crippen LogP contribution is -2.35. The van der Waals surface area contributed by atoms with Crippen LogP contribution in [0.3, 0.4) is 0 Å². The van der Waals surface area contributed by atoms with Gasteiger partial charge in [0.15, 0.2) is 5.67 Å². The Morgan fingerprint density at radius 1 is 1.36 bits per heavy atom. The van der Waals surface area contributed by atoms with Gasteiger partial charge in [-0.1, -0.05) is 30.3 Å². The average Bonchev–Trinajstić information content (AvgIpc) is 2.27. The smallest absolute Gasteiger partial charge is 0.171 e. The summed E-state index contributed by atoms with van der Waals surface area (Å²) in [6, 6.07) is 8.90. The highest BCUT2D eigenvalue weighted by atomic mass is 19.1. The van der Waals surface area contributed by atoms with Crippen LogP contribution in [-0.2, 0) is 10.4 Å². The van der Waals surface area contributed by atoms with Gasteiger partial charge in [-0.05, 0) is 12.5 Å². The van der Waals surface area contributed by atoms with Gasteiger partial charge in [0, 0.05) is 13.2 Å². The van der Waals surface area contributed by atoms with Crippen LogP contribution in [-0.4, -0.2) is 19.8 Å².